The fraction of sp³-hybridized carbons (Fsp3) is 0.200. The zero-order valence-corrected chi connectivity index (χ0v) is 11.6. The van der Waals surface area contributed by atoms with Gasteiger partial charge in [-0.1, -0.05) is 0 Å². The van der Waals surface area contributed by atoms with Gasteiger partial charge in [-0.15, -0.1) is 0 Å². The predicted octanol–water partition coefficient (Wildman–Crippen LogP) is 1.07. The van der Waals surface area contributed by atoms with Crippen LogP contribution in [0.4, 0.5) is 0 Å². The van der Waals surface area contributed by atoms with Gasteiger partial charge in [0.1, 0.15) is 0 Å². The highest BCUT2D eigenvalue weighted by Gasteiger charge is 1.86. The van der Waals surface area contributed by atoms with E-state index in [-0.39, 0.29) is 5.17 Å². The van der Waals surface area contributed by atoms with Crippen LogP contribution in [0.25, 0.3) is 0 Å². The van der Waals surface area contributed by atoms with Crippen LogP contribution in [0.5, 0.6) is 0 Å². The van der Waals surface area contributed by atoms with Gasteiger partial charge < -0.3 is 20.8 Å². The molecule has 0 aliphatic carbocycles. The Kier molecular flexibility index (Phi) is 12.0. The van der Waals surface area contributed by atoms with Gasteiger partial charge in [0.15, 0.2) is 6.29 Å². The molecule has 1 rings (SSSR count). The van der Waals surface area contributed by atoms with Crippen LogP contribution in [-0.4, -0.2) is 50.8 Å². The molecule has 6 nitrogen and oxygen atoms in total. The van der Waals surface area contributed by atoms with Crippen LogP contribution in [0.2, 0.25) is 0 Å². The molecule has 0 unspecified atom stereocenters. The molecule has 1 aromatic rings. The van der Waals surface area contributed by atoms with E-state index < -0.39 is 5.17 Å². The molecule has 4 N–H and O–H groups in total. The second-order valence-corrected chi connectivity index (χ2v) is 3.70. The first-order chi connectivity index (χ1) is 8.31. The smallest absolute Gasteiger partial charge is 0.256 e. The quantitative estimate of drug-likeness (QED) is 0.521. The van der Waals surface area contributed by atoms with E-state index in [9.17, 15) is 4.79 Å². The van der Waals surface area contributed by atoms with Crippen molar-refractivity contribution in [2.24, 2.45) is 5.73 Å². The van der Waals surface area contributed by atoms with E-state index in [2.05, 4.69) is 35.2 Å². The molecule has 0 fully saturated rings. The number of aliphatic hydroxyl groups excluding tert-OH is 2. The SMILES string of the molecule is CN(C)C(O)=S.NC(O)=S.O=Cc1cccnc1. The molecule has 0 atom stereocenters. The summed E-state index contributed by atoms with van der Waals surface area (Å²) in [7, 11) is 3.37. The van der Waals surface area contributed by atoms with Crippen LogP contribution >= 0.6 is 24.4 Å². The number of nitrogens with two attached hydrogens (primary N) is 1. The van der Waals surface area contributed by atoms with Gasteiger partial charge in [-0.3, -0.25) is 9.78 Å². The third-order valence-electron chi connectivity index (χ3n) is 1.20. The van der Waals surface area contributed by atoms with Gasteiger partial charge in [0.2, 0.25) is 0 Å². The van der Waals surface area contributed by atoms with Crippen LogP contribution in [0.15, 0.2) is 24.5 Å². The first-order valence-electron chi connectivity index (χ1n) is 4.55. The Bertz CT molecular complexity index is 368. The van der Waals surface area contributed by atoms with Crippen LogP contribution in [0.3, 0.4) is 0 Å². The Morgan fingerprint density at radius 2 is 1.89 bits per heavy atom. The fourth-order valence-electron chi connectivity index (χ4n) is 0.446. The number of hydrogen-bond donors (Lipinski definition) is 3. The molecule has 100 valence electrons. The zero-order chi connectivity index (χ0) is 14.6. The van der Waals surface area contributed by atoms with Crippen LogP contribution < -0.4 is 5.73 Å². The predicted molar refractivity (Wildman–Crippen MR) is 78.0 cm³/mol. The molecule has 0 aliphatic rings. The van der Waals surface area contributed by atoms with Crippen LogP contribution in [0, 0.1) is 0 Å². The van der Waals surface area contributed by atoms with Crippen molar-refractivity contribution in [3.63, 3.8) is 0 Å². The lowest BCUT2D eigenvalue weighted by Gasteiger charge is -2.03. The van der Waals surface area contributed by atoms with Gasteiger partial charge in [0.25, 0.3) is 10.3 Å². The molecule has 0 aromatic carbocycles. The minimum absolute atomic E-state index is 0.0741. The minimum atomic E-state index is -0.500. The molecular formula is C10H15N3O3S2. The Hall–Kier alpha value is -1.80. The van der Waals surface area contributed by atoms with Crippen molar-refractivity contribution >= 4 is 41.1 Å². The van der Waals surface area contributed by atoms with E-state index in [0.29, 0.717) is 5.56 Å². The van der Waals surface area contributed by atoms with Crippen LogP contribution in [-0.2, 0) is 0 Å². The number of carbonyl (C=O) groups excluding carboxylic acids is 1. The lowest BCUT2D eigenvalue weighted by molar-refractivity contribution is 0.112. The van der Waals surface area contributed by atoms with E-state index >= 15 is 0 Å². The van der Waals surface area contributed by atoms with Crippen molar-refractivity contribution in [2.75, 3.05) is 14.1 Å². The standard InChI is InChI=1S/C6H5NO.C3H7NOS.CH3NOS/c8-5-6-2-1-3-7-4-6;1-4(2)3(5)6;2-1(3)4/h1-5H;1-2H3,(H,5,6);(H3,2,3,4). The summed E-state index contributed by atoms with van der Waals surface area (Å²) in [6, 6.07) is 3.43. The van der Waals surface area contributed by atoms with Crippen molar-refractivity contribution in [1.29, 1.82) is 0 Å². The molecule has 8 heteroatoms. The van der Waals surface area contributed by atoms with Crippen molar-refractivity contribution in [2.45, 2.75) is 0 Å². The Labute approximate surface area is 116 Å². The maximum atomic E-state index is 9.97. The highest BCUT2D eigenvalue weighted by molar-refractivity contribution is 7.80. The third-order valence-corrected chi connectivity index (χ3v) is 1.57. The Morgan fingerprint density at radius 3 is 2.06 bits per heavy atom. The molecule has 0 bridgehead atoms. The molecule has 0 radical (unpaired) electrons. The van der Waals surface area contributed by atoms with Gasteiger partial charge in [-0.25, -0.2) is 0 Å². The highest BCUT2D eigenvalue weighted by Crippen LogP contribution is 1.87. The van der Waals surface area contributed by atoms with E-state index in [0.717, 1.165) is 6.29 Å². The molecule has 1 aromatic heterocycles. The van der Waals surface area contributed by atoms with Crippen molar-refractivity contribution < 1.29 is 15.0 Å². The minimum Gasteiger partial charge on any atom is -0.487 e. The zero-order valence-electron chi connectivity index (χ0n) is 9.98. The molecule has 0 aliphatic heterocycles. The summed E-state index contributed by atoms with van der Waals surface area (Å²) in [4.78, 5) is 15.1. The molecule has 1 heterocycles. The number of nitrogens with zero attached hydrogens (tertiary/aromatic N) is 2. The average Bonchev–Trinajstić information content (AvgIpc) is 2.30. The maximum Gasteiger partial charge on any atom is 0.256 e. The lowest BCUT2D eigenvalue weighted by Crippen LogP contribution is -2.17. The van der Waals surface area contributed by atoms with Crippen molar-refractivity contribution in [3.8, 4) is 0 Å². The van der Waals surface area contributed by atoms with Gasteiger partial charge in [0.05, 0.1) is 0 Å². The number of pyridine rings is 1. The number of hydrogen-bond acceptors (Lipinski definition) is 4. The van der Waals surface area contributed by atoms with E-state index in [1.54, 1.807) is 32.4 Å². The molecular weight excluding hydrogens is 274 g/mol. The van der Waals surface area contributed by atoms with Gasteiger partial charge in [-0.2, -0.15) is 0 Å². The summed E-state index contributed by atoms with van der Waals surface area (Å²) >= 11 is 8.17. The highest BCUT2D eigenvalue weighted by atomic mass is 32.1. The Morgan fingerprint density at radius 1 is 1.44 bits per heavy atom. The lowest BCUT2D eigenvalue weighted by atomic mass is 10.3. The average molecular weight is 289 g/mol. The summed E-state index contributed by atoms with van der Waals surface area (Å²) in [5, 5.41) is 15.3. The first kappa shape index (κ1) is 18.6. The second-order valence-electron chi connectivity index (χ2n) is 2.92. The van der Waals surface area contributed by atoms with Crippen molar-refractivity contribution in [1.82, 2.24) is 9.88 Å². The molecule has 0 spiro atoms. The molecule has 18 heavy (non-hydrogen) atoms. The molecule has 0 amide bonds. The number of aliphatic hydroxyl groups is 2. The van der Waals surface area contributed by atoms with E-state index in [4.69, 9.17) is 10.2 Å². The van der Waals surface area contributed by atoms with E-state index in [1.165, 1.54) is 11.1 Å². The number of rotatable bonds is 1. The second kappa shape index (κ2) is 11.7. The maximum absolute atomic E-state index is 9.97. The third kappa shape index (κ3) is 16.6. The topological polar surface area (TPSA) is 99.7 Å². The normalized spacial score (nSPS) is 7.67. The summed E-state index contributed by atoms with van der Waals surface area (Å²) in [5.41, 5.74) is 5.02. The van der Waals surface area contributed by atoms with Crippen LogP contribution in [0.1, 0.15) is 10.4 Å². The monoisotopic (exact) mass is 289 g/mol. The summed E-state index contributed by atoms with van der Waals surface area (Å²) in [6.45, 7) is 0. The molecule has 0 saturated heterocycles. The number of thiocarbonyl (C=S) groups is 2. The summed E-state index contributed by atoms with van der Waals surface area (Å²) < 4.78 is 0. The number of aromatic nitrogens is 1. The van der Waals surface area contributed by atoms with Gasteiger partial charge in [0, 0.05) is 32.1 Å². The fourth-order valence-corrected chi connectivity index (χ4v) is 0.446. The van der Waals surface area contributed by atoms with E-state index in [1.807, 2.05) is 0 Å². The Balaban J connectivity index is 0. The molecule has 0 saturated carbocycles. The summed E-state index contributed by atoms with van der Waals surface area (Å²) in [5.74, 6) is 0. The van der Waals surface area contributed by atoms with Crippen molar-refractivity contribution in [3.05, 3.63) is 30.1 Å². The largest absolute Gasteiger partial charge is 0.487 e. The number of aldehydes is 1. The van der Waals surface area contributed by atoms with Gasteiger partial charge >= 0.3 is 0 Å². The number of carbonyl (C=O) groups is 1. The first-order valence-corrected chi connectivity index (χ1v) is 5.36. The summed E-state index contributed by atoms with van der Waals surface area (Å²) in [6.07, 6.45) is 3.92. The van der Waals surface area contributed by atoms with Gasteiger partial charge in [-0.05, 0) is 36.6 Å².